The first kappa shape index (κ1) is 20.2. The fourth-order valence-corrected chi connectivity index (χ4v) is 2.98. The van der Waals surface area contributed by atoms with Gasteiger partial charge in [-0.15, -0.1) is 0 Å². The van der Waals surface area contributed by atoms with Crippen molar-refractivity contribution in [2.24, 2.45) is 12.0 Å². The number of hydrogen-bond donors (Lipinski definition) is 0. The lowest BCUT2D eigenvalue weighted by Crippen LogP contribution is -2.19. The Hall–Kier alpha value is -3.54. The summed E-state index contributed by atoms with van der Waals surface area (Å²) in [7, 11) is 1.85. The van der Waals surface area contributed by atoms with Crippen LogP contribution in [0.4, 0.5) is 5.69 Å². The molecule has 0 aliphatic carbocycles. The third-order valence-corrected chi connectivity index (χ3v) is 4.49. The van der Waals surface area contributed by atoms with Gasteiger partial charge in [0.2, 0.25) is 0 Å². The molecule has 0 saturated heterocycles. The van der Waals surface area contributed by atoms with Gasteiger partial charge in [-0.3, -0.25) is 9.48 Å². The fourth-order valence-electron chi connectivity index (χ4n) is 2.98. The molecule has 3 aromatic rings. The fraction of sp³-hybridized carbons (Fsp3) is 0.217. The van der Waals surface area contributed by atoms with E-state index in [1.807, 2.05) is 74.1 Å². The number of hydrogen-bond acceptors (Lipinski definition) is 4. The quantitative estimate of drug-likeness (QED) is 0.427. The van der Waals surface area contributed by atoms with E-state index in [4.69, 9.17) is 9.47 Å². The molecule has 6 nitrogen and oxygen atoms in total. The Morgan fingerprint density at radius 2 is 1.86 bits per heavy atom. The number of nitrogens with zero attached hydrogens (tertiary/aromatic N) is 3. The Morgan fingerprint density at radius 1 is 1.10 bits per heavy atom. The molecule has 1 heterocycles. The van der Waals surface area contributed by atoms with E-state index in [0.717, 1.165) is 16.9 Å². The van der Waals surface area contributed by atoms with Crippen LogP contribution < -0.4 is 15.0 Å². The molecule has 0 fully saturated rings. The topological polar surface area (TPSA) is 57.8 Å². The van der Waals surface area contributed by atoms with Crippen LogP contribution >= 0.6 is 0 Å². The SMILES string of the molecule is C=CCOc1ccc(C=Nc2c(C)n(C)n(-c3ccccc3)c2=O)cc1OCC. The van der Waals surface area contributed by atoms with Crippen molar-refractivity contribution >= 4 is 11.9 Å². The molecular formula is C23H25N3O3. The molecule has 29 heavy (non-hydrogen) atoms. The molecule has 0 aliphatic heterocycles. The van der Waals surface area contributed by atoms with E-state index in [-0.39, 0.29) is 5.56 Å². The van der Waals surface area contributed by atoms with Gasteiger partial charge in [-0.1, -0.05) is 30.9 Å². The van der Waals surface area contributed by atoms with Crippen molar-refractivity contribution in [1.82, 2.24) is 9.36 Å². The van der Waals surface area contributed by atoms with Crippen LogP contribution in [0.15, 0.2) is 71.0 Å². The van der Waals surface area contributed by atoms with Crippen LogP contribution in [0.2, 0.25) is 0 Å². The van der Waals surface area contributed by atoms with Gasteiger partial charge in [-0.25, -0.2) is 9.67 Å². The molecule has 0 N–H and O–H groups in total. The maximum absolute atomic E-state index is 12.9. The summed E-state index contributed by atoms with van der Waals surface area (Å²) in [6.45, 7) is 8.37. The smallest absolute Gasteiger partial charge is 0.297 e. The van der Waals surface area contributed by atoms with Crippen molar-refractivity contribution in [2.75, 3.05) is 13.2 Å². The van der Waals surface area contributed by atoms with Crippen LogP contribution in [0, 0.1) is 6.92 Å². The molecule has 6 heteroatoms. The molecule has 0 spiro atoms. The molecular weight excluding hydrogens is 366 g/mol. The predicted molar refractivity (Wildman–Crippen MR) is 116 cm³/mol. The van der Waals surface area contributed by atoms with Crippen molar-refractivity contribution < 1.29 is 9.47 Å². The summed E-state index contributed by atoms with van der Waals surface area (Å²) in [5.41, 5.74) is 2.64. The summed E-state index contributed by atoms with van der Waals surface area (Å²) in [4.78, 5) is 17.4. The molecule has 0 amide bonds. The first-order valence-corrected chi connectivity index (χ1v) is 9.45. The summed E-state index contributed by atoms with van der Waals surface area (Å²) in [5.74, 6) is 1.27. The lowest BCUT2D eigenvalue weighted by Gasteiger charge is -2.11. The van der Waals surface area contributed by atoms with Crippen LogP contribution in [0.1, 0.15) is 18.2 Å². The number of aliphatic imine (C=N–C) groups is 1. The van der Waals surface area contributed by atoms with E-state index in [2.05, 4.69) is 11.6 Å². The molecule has 150 valence electrons. The minimum absolute atomic E-state index is 0.164. The molecule has 0 saturated carbocycles. The van der Waals surface area contributed by atoms with Crippen molar-refractivity contribution in [3.63, 3.8) is 0 Å². The normalized spacial score (nSPS) is 11.0. The van der Waals surface area contributed by atoms with Gasteiger partial charge in [0.25, 0.3) is 5.56 Å². The Kier molecular flexibility index (Phi) is 6.34. The maximum Gasteiger partial charge on any atom is 0.297 e. The largest absolute Gasteiger partial charge is 0.490 e. The molecule has 0 atom stereocenters. The molecule has 0 radical (unpaired) electrons. The van der Waals surface area contributed by atoms with Crippen LogP contribution in [-0.4, -0.2) is 28.8 Å². The highest BCUT2D eigenvalue weighted by Gasteiger charge is 2.15. The lowest BCUT2D eigenvalue weighted by molar-refractivity contribution is 0.297. The minimum atomic E-state index is -0.164. The van der Waals surface area contributed by atoms with E-state index in [1.165, 1.54) is 0 Å². The van der Waals surface area contributed by atoms with E-state index >= 15 is 0 Å². The van der Waals surface area contributed by atoms with Crippen LogP contribution in [0.25, 0.3) is 5.69 Å². The number of benzene rings is 2. The summed E-state index contributed by atoms with van der Waals surface area (Å²) in [6, 6.07) is 15.1. The third kappa shape index (κ3) is 4.32. The van der Waals surface area contributed by atoms with E-state index in [0.29, 0.717) is 30.4 Å². The second kappa shape index (κ2) is 9.10. The van der Waals surface area contributed by atoms with Gasteiger partial charge in [0.15, 0.2) is 17.2 Å². The zero-order valence-electron chi connectivity index (χ0n) is 17.0. The maximum atomic E-state index is 12.9. The molecule has 2 aromatic carbocycles. The summed E-state index contributed by atoms with van der Waals surface area (Å²) < 4.78 is 14.7. The van der Waals surface area contributed by atoms with Crippen molar-refractivity contribution in [1.29, 1.82) is 0 Å². The number of ether oxygens (including phenoxy) is 2. The molecule has 0 unspecified atom stereocenters. The van der Waals surface area contributed by atoms with Gasteiger partial charge < -0.3 is 9.47 Å². The van der Waals surface area contributed by atoms with E-state index in [9.17, 15) is 4.79 Å². The van der Waals surface area contributed by atoms with Gasteiger partial charge in [-0.05, 0) is 49.7 Å². The highest BCUT2D eigenvalue weighted by Crippen LogP contribution is 2.28. The van der Waals surface area contributed by atoms with E-state index < -0.39 is 0 Å². The van der Waals surface area contributed by atoms with Crippen LogP contribution in [-0.2, 0) is 7.05 Å². The molecule has 3 rings (SSSR count). The third-order valence-electron chi connectivity index (χ3n) is 4.49. The van der Waals surface area contributed by atoms with Gasteiger partial charge in [0.05, 0.1) is 18.0 Å². The Labute approximate surface area is 170 Å². The zero-order chi connectivity index (χ0) is 20.8. The average molecular weight is 391 g/mol. The van der Waals surface area contributed by atoms with Crippen molar-refractivity contribution in [3.8, 4) is 17.2 Å². The highest BCUT2D eigenvalue weighted by atomic mass is 16.5. The summed E-state index contributed by atoms with van der Waals surface area (Å²) >= 11 is 0. The number of para-hydroxylation sites is 1. The number of rotatable bonds is 8. The Bertz CT molecular complexity index is 1080. The summed E-state index contributed by atoms with van der Waals surface area (Å²) in [5, 5.41) is 0. The first-order valence-electron chi connectivity index (χ1n) is 9.45. The van der Waals surface area contributed by atoms with Crippen molar-refractivity contribution in [2.45, 2.75) is 13.8 Å². The Balaban J connectivity index is 1.95. The number of aromatic nitrogens is 2. The molecule has 0 aliphatic rings. The minimum Gasteiger partial charge on any atom is -0.490 e. The van der Waals surface area contributed by atoms with Gasteiger partial charge in [-0.2, -0.15) is 0 Å². The second-order valence-electron chi connectivity index (χ2n) is 6.41. The van der Waals surface area contributed by atoms with Crippen molar-refractivity contribution in [3.05, 3.63) is 82.8 Å². The lowest BCUT2D eigenvalue weighted by atomic mass is 10.2. The first-order chi connectivity index (χ1) is 14.1. The summed E-state index contributed by atoms with van der Waals surface area (Å²) in [6.07, 6.45) is 3.35. The van der Waals surface area contributed by atoms with Gasteiger partial charge >= 0.3 is 0 Å². The van der Waals surface area contributed by atoms with Gasteiger partial charge in [0.1, 0.15) is 6.61 Å². The highest BCUT2D eigenvalue weighted by molar-refractivity contribution is 5.83. The molecule has 1 aromatic heterocycles. The molecule has 0 bridgehead atoms. The average Bonchev–Trinajstić information content (AvgIpc) is 2.95. The zero-order valence-corrected chi connectivity index (χ0v) is 17.0. The van der Waals surface area contributed by atoms with Crippen LogP contribution in [0.3, 0.4) is 0 Å². The standard InChI is InChI=1S/C23H25N3O3/c1-5-14-29-20-13-12-18(15-21(20)28-6-2)16-24-22-17(3)25(4)26(23(22)27)19-10-8-7-9-11-19/h5,7-13,15-16H,1,6,14H2,2-4H3. The van der Waals surface area contributed by atoms with Crippen LogP contribution in [0.5, 0.6) is 11.5 Å². The predicted octanol–water partition coefficient (Wildman–Crippen LogP) is 4.20. The Morgan fingerprint density at radius 3 is 2.55 bits per heavy atom. The monoisotopic (exact) mass is 391 g/mol. The second-order valence-corrected chi connectivity index (χ2v) is 6.41. The van der Waals surface area contributed by atoms with Gasteiger partial charge in [0, 0.05) is 13.3 Å². The van der Waals surface area contributed by atoms with E-state index in [1.54, 1.807) is 17.0 Å².